The van der Waals surface area contributed by atoms with Gasteiger partial charge in [0.2, 0.25) is 5.91 Å². The first kappa shape index (κ1) is 16.4. The molecule has 1 atom stereocenters. The number of carbonyl (C=O) groups excluding carboxylic acids is 1. The average molecular weight is 322 g/mol. The Balaban J connectivity index is 1.47. The summed E-state index contributed by atoms with van der Waals surface area (Å²) in [5.74, 6) is 0.558. The maximum absolute atomic E-state index is 12.4. The van der Waals surface area contributed by atoms with Gasteiger partial charge >= 0.3 is 0 Å². The summed E-state index contributed by atoms with van der Waals surface area (Å²) in [5.41, 5.74) is 0. The Kier molecular flexibility index (Phi) is 5.30. The number of piperidine rings is 1. The highest BCUT2D eigenvalue weighted by Crippen LogP contribution is 2.21. The van der Waals surface area contributed by atoms with Gasteiger partial charge in [-0.2, -0.15) is 0 Å². The fourth-order valence-electron chi connectivity index (χ4n) is 3.51. The van der Waals surface area contributed by atoms with Crippen molar-refractivity contribution in [1.82, 2.24) is 19.4 Å². The maximum Gasteiger partial charge on any atom is 0.225 e. The number of ether oxygens (including phenoxy) is 1. The molecule has 0 saturated carbocycles. The number of rotatable bonds is 4. The highest BCUT2D eigenvalue weighted by atomic mass is 16.5. The summed E-state index contributed by atoms with van der Waals surface area (Å²) in [7, 11) is 1.82. The molecule has 2 aliphatic heterocycles. The van der Waals surface area contributed by atoms with E-state index in [0.29, 0.717) is 11.9 Å². The summed E-state index contributed by atoms with van der Waals surface area (Å²) in [6.07, 6.45) is 4.69. The Bertz CT molecular complexity index is 519. The van der Waals surface area contributed by atoms with Crippen molar-refractivity contribution in [3.8, 4) is 0 Å². The second kappa shape index (κ2) is 7.42. The first-order valence-electron chi connectivity index (χ1n) is 8.40. The minimum absolute atomic E-state index is 0.0147. The van der Waals surface area contributed by atoms with Crippen LogP contribution in [0, 0.1) is 0 Å². The zero-order chi connectivity index (χ0) is 16.2. The molecule has 0 aromatic carbocycles. The van der Waals surface area contributed by atoms with Gasteiger partial charge in [0.25, 0.3) is 0 Å². The van der Waals surface area contributed by atoms with Crippen molar-refractivity contribution in [2.45, 2.75) is 31.4 Å². The van der Waals surface area contributed by atoms with Crippen LogP contribution < -0.4 is 0 Å². The lowest BCUT2D eigenvalue weighted by atomic mass is 10.0. The number of amides is 1. The number of aliphatic hydroxyl groups is 1. The number of aliphatic hydroxyl groups excluding tert-OH is 1. The van der Waals surface area contributed by atoms with Gasteiger partial charge in [0.15, 0.2) is 0 Å². The van der Waals surface area contributed by atoms with Crippen LogP contribution in [0.15, 0.2) is 12.4 Å². The van der Waals surface area contributed by atoms with Crippen LogP contribution in [0.25, 0.3) is 0 Å². The number of morpholine rings is 1. The summed E-state index contributed by atoms with van der Waals surface area (Å²) in [5, 5.41) is 10.2. The third-order valence-electron chi connectivity index (χ3n) is 4.90. The van der Waals surface area contributed by atoms with Crippen LogP contribution in [-0.2, 0) is 16.6 Å². The van der Waals surface area contributed by atoms with Gasteiger partial charge < -0.3 is 19.3 Å². The van der Waals surface area contributed by atoms with E-state index in [-0.39, 0.29) is 12.3 Å². The Morgan fingerprint density at radius 3 is 2.65 bits per heavy atom. The lowest BCUT2D eigenvalue weighted by Crippen LogP contribution is -2.50. The van der Waals surface area contributed by atoms with Gasteiger partial charge in [0.1, 0.15) is 11.9 Å². The van der Waals surface area contributed by atoms with Crippen LogP contribution in [0.2, 0.25) is 0 Å². The largest absolute Gasteiger partial charge is 0.385 e. The molecule has 128 valence electrons. The van der Waals surface area contributed by atoms with Crippen molar-refractivity contribution in [3.63, 3.8) is 0 Å². The molecule has 3 rings (SSSR count). The quantitative estimate of drug-likeness (QED) is 0.855. The molecule has 2 saturated heterocycles. The molecule has 0 radical (unpaired) electrons. The number of carbonyl (C=O) groups is 1. The fourth-order valence-corrected chi connectivity index (χ4v) is 3.51. The van der Waals surface area contributed by atoms with Gasteiger partial charge in [-0.25, -0.2) is 4.98 Å². The summed E-state index contributed by atoms with van der Waals surface area (Å²) in [6, 6.07) is 0.558. The molecule has 1 N–H and O–H groups in total. The standard InChI is InChI=1S/C16H26N4O3/c1-18-7-4-17-16(18)14(21)12-15(22)20-5-2-13(3-6-20)19-8-10-23-11-9-19/h4,7,13-14,21H,2-3,5-6,8-12H2,1H3. The van der Waals surface area contributed by atoms with Crippen LogP contribution in [-0.4, -0.2) is 75.8 Å². The third kappa shape index (κ3) is 3.91. The van der Waals surface area contributed by atoms with E-state index in [1.54, 1.807) is 17.0 Å². The van der Waals surface area contributed by atoms with E-state index in [9.17, 15) is 9.90 Å². The van der Waals surface area contributed by atoms with Crippen molar-refractivity contribution >= 4 is 5.91 Å². The van der Waals surface area contributed by atoms with Crippen molar-refractivity contribution < 1.29 is 14.6 Å². The number of hydrogen-bond acceptors (Lipinski definition) is 5. The summed E-state index contributed by atoms with van der Waals surface area (Å²) in [6.45, 7) is 5.17. The van der Waals surface area contributed by atoms with E-state index >= 15 is 0 Å². The summed E-state index contributed by atoms with van der Waals surface area (Å²) in [4.78, 5) is 20.9. The second-order valence-corrected chi connectivity index (χ2v) is 6.38. The smallest absolute Gasteiger partial charge is 0.225 e. The van der Waals surface area contributed by atoms with Crippen LogP contribution in [0.5, 0.6) is 0 Å². The molecule has 23 heavy (non-hydrogen) atoms. The zero-order valence-corrected chi connectivity index (χ0v) is 13.7. The molecular weight excluding hydrogens is 296 g/mol. The molecule has 1 amide bonds. The Morgan fingerprint density at radius 2 is 2.04 bits per heavy atom. The number of imidazole rings is 1. The maximum atomic E-state index is 12.4. The average Bonchev–Trinajstić information content (AvgIpc) is 3.02. The second-order valence-electron chi connectivity index (χ2n) is 6.38. The first-order chi connectivity index (χ1) is 11.1. The van der Waals surface area contributed by atoms with Gasteiger partial charge in [0.05, 0.1) is 19.6 Å². The van der Waals surface area contributed by atoms with Gasteiger partial charge in [0, 0.05) is 51.7 Å². The Morgan fingerprint density at radius 1 is 1.35 bits per heavy atom. The molecule has 2 aliphatic rings. The van der Waals surface area contributed by atoms with Crippen molar-refractivity contribution in [1.29, 1.82) is 0 Å². The number of aryl methyl sites for hydroxylation is 1. The third-order valence-corrected chi connectivity index (χ3v) is 4.90. The lowest BCUT2D eigenvalue weighted by molar-refractivity contribution is -0.135. The highest BCUT2D eigenvalue weighted by Gasteiger charge is 2.29. The fraction of sp³-hybridized carbons (Fsp3) is 0.750. The lowest BCUT2D eigenvalue weighted by Gasteiger charge is -2.40. The molecule has 1 aromatic heterocycles. The molecule has 1 unspecified atom stereocenters. The molecule has 1 aromatic rings. The van der Waals surface area contributed by atoms with Crippen molar-refractivity contribution in [3.05, 3.63) is 18.2 Å². The van der Waals surface area contributed by atoms with Crippen molar-refractivity contribution in [2.24, 2.45) is 7.05 Å². The van der Waals surface area contributed by atoms with E-state index in [0.717, 1.165) is 52.2 Å². The summed E-state index contributed by atoms with van der Waals surface area (Å²) >= 11 is 0. The molecule has 0 aliphatic carbocycles. The van der Waals surface area contributed by atoms with Gasteiger partial charge in [-0.05, 0) is 12.8 Å². The van der Waals surface area contributed by atoms with Crippen LogP contribution in [0.4, 0.5) is 0 Å². The predicted molar refractivity (Wildman–Crippen MR) is 84.8 cm³/mol. The number of aromatic nitrogens is 2. The minimum atomic E-state index is -0.834. The Hall–Kier alpha value is -1.44. The van der Waals surface area contributed by atoms with Crippen LogP contribution >= 0.6 is 0 Å². The Labute approximate surface area is 136 Å². The van der Waals surface area contributed by atoms with E-state index in [2.05, 4.69) is 9.88 Å². The molecule has 0 spiro atoms. The van der Waals surface area contributed by atoms with Gasteiger partial charge in [-0.15, -0.1) is 0 Å². The number of nitrogens with zero attached hydrogens (tertiary/aromatic N) is 4. The van der Waals surface area contributed by atoms with Gasteiger partial charge in [-0.1, -0.05) is 0 Å². The molecular formula is C16H26N4O3. The van der Waals surface area contributed by atoms with E-state index in [1.807, 2.05) is 11.9 Å². The van der Waals surface area contributed by atoms with Crippen molar-refractivity contribution in [2.75, 3.05) is 39.4 Å². The number of likely N-dealkylation sites (tertiary alicyclic amines) is 1. The van der Waals surface area contributed by atoms with Gasteiger partial charge in [-0.3, -0.25) is 9.69 Å². The number of hydrogen-bond donors (Lipinski definition) is 1. The van der Waals surface area contributed by atoms with E-state index < -0.39 is 6.10 Å². The predicted octanol–water partition coefficient (Wildman–Crippen LogP) is 0.167. The summed E-state index contributed by atoms with van der Waals surface area (Å²) < 4.78 is 7.15. The molecule has 7 heteroatoms. The van der Waals surface area contributed by atoms with Crippen LogP contribution in [0.1, 0.15) is 31.2 Å². The molecule has 0 bridgehead atoms. The highest BCUT2D eigenvalue weighted by molar-refractivity contribution is 5.76. The zero-order valence-electron chi connectivity index (χ0n) is 13.7. The topological polar surface area (TPSA) is 70.8 Å². The molecule has 2 fully saturated rings. The first-order valence-corrected chi connectivity index (χ1v) is 8.40. The van der Waals surface area contributed by atoms with E-state index in [4.69, 9.17) is 4.74 Å². The van der Waals surface area contributed by atoms with Crippen LogP contribution in [0.3, 0.4) is 0 Å². The monoisotopic (exact) mass is 322 g/mol. The molecule has 7 nitrogen and oxygen atoms in total. The SMILES string of the molecule is Cn1ccnc1C(O)CC(=O)N1CCC(N2CCOCC2)CC1. The molecule has 3 heterocycles. The normalized spacial score (nSPS) is 22.3. The minimum Gasteiger partial charge on any atom is -0.385 e. The van der Waals surface area contributed by atoms with E-state index in [1.165, 1.54) is 0 Å².